The lowest BCUT2D eigenvalue weighted by Crippen LogP contribution is -2.22. The number of amides is 2. The average molecular weight is 394 g/mol. The van der Waals surface area contributed by atoms with Gasteiger partial charge in [0.1, 0.15) is 0 Å². The fourth-order valence-corrected chi connectivity index (χ4v) is 3.00. The number of hydrogen-bond acceptors (Lipinski definition) is 4. The van der Waals surface area contributed by atoms with Crippen LogP contribution in [0.2, 0.25) is 0 Å². The van der Waals surface area contributed by atoms with E-state index in [4.69, 9.17) is 12.2 Å². The van der Waals surface area contributed by atoms with Crippen LogP contribution in [0.15, 0.2) is 59.9 Å². The third-order valence-electron chi connectivity index (χ3n) is 4.02. The Kier molecular flexibility index (Phi) is 5.51. The zero-order chi connectivity index (χ0) is 20.3. The molecule has 2 aromatic carbocycles. The maximum atomic E-state index is 12.5. The van der Waals surface area contributed by atoms with Crippen LogP contribution in [-0.2, 0) is 11.3 Å². The van der Waals surface area contributed by atoms with E-state index >= 15 is 0 Å². The van der Waals surface area contributed by atoms with E-state index in [1.54, 1.807) is 48.5 Å². The van der Waals surface area contributed by atoms with Gasteiger partial charge in [-0.25, -0.2) is 0 Å². The van der Waals surface area contributed by atoms with E-state index in [0.29, 0.717) is 34.4 Å². The smallest absolute Gasteiger partial charge is 0.262 e. The van der Waals surface area contributed by atoms with Crippen molar-refractivity contribution in [3.63, 3.8) is 0 Å². The Morgan fingerprint density at radius 3 is 2.39 bits per heavy atom. The summed E-state index contributed by atoms with van der Waals surface area (Å²) in [5.74, 6) is -0.499. The van der Waals surface area contributed by atoms with Gasteiger partial charge in [0.25, 0.3) is 11.5 Å². The highest BCUT2D eigenvalue weighted by atomic mass is 32.1. The van der Waals surface area contributed by atoms with Crippen LogP contribution in [0.5, 0.6) is 0 Å². The molecule has 0 aliphatic heterocycles. The van der Waals surface area contributed by atoms with Crippen molar-refractivity contribution in [3.05, 3.63) is 75.8 Å². The Morgan fingerprint density at radius 2 is 1.79 bits per heavy atom. The number of H-pyrrole nitrogens is 1. The van der Waals surface area contributed by atoms with Crippen molar-refractivity contribution in [2.75, 3.05) is 10.6 Å². The lowest BCUT2D eigenvalue weighted by Gasteiger charge is -2.09. The molecule has 1 aromatic heterocycles. The van der Waals surface area contributed by atoms with Crippen molar-refractivity contribution in [2.45, 2.75) is 13.5 Å². The number of allylic oxidation sites excluding steroid dienone is 1. The van der Waals surface area contributed by atoms with Crippen LogP contribution >= 0.6 is 12.2 Å². The molecular weight excluding hydrogens is 376 g/mol. The van der Waals surface area contributed by atoms with Crippen molar-refractivity contribution in [3.8, 4) is 0 Å². The number of fused-ring (bicyclic) bond motifs is 1. The molecular formula is C20H18N4O3S. The molecule has 0 radical (unpaired) electrons. The molecule has 0 saturated carbocycles. The van der Waals surface area contributed by atoms with Crippen molar-refractivity contribution < 1.29 is 9.59 Å². The molecule has 3 rings (SSSR count). The molecule has 1 heterocycles. The van der Waals surface area contributed by atoms with Gasteiger partial charge in [0.2, 0.25) is 5.91 Å². The third-order valence-corrected chi connectivity index (χ3v) is 4.34. The Morgan fingerprint density at radius 1 is 1.14 bits per heavy atom. The highest BCUT2D eigenvalue weighted by molar-refractivity contribution is 7.71. The van der Waals surface area contributed by atoms with E-state index in [9.17, 15) is 14.4 Å². The summed E-state index contributed by atoms with van der Waals surface area (Å²) in [6.07, 6.45) is 1.59. The lowest BCUT2D eigenvalue weighted by atomic mass is 10.1. The van der Waals surface area contributed by atoms with Crippen LogP contribution in [0.1, 0.15) is 17.3 Å². The van der Waals surface area contributed by atoms with Gasteiger partial charge in [-0.05, 0) is 54.7 Å². The number of aromatic amines is 1. The average Bonchev–Trinajstić information content (AvgIpc) is 2.65. The first-order valence-corrected chi connectivity index (χ1v) is 8.86. The van der Waals surface area contributed by atoms with Gasteiger partial charge >= 0.3 is 0 Å². The summed E-state index contributed by atoms with van der Waals surface area (Å²) in [6.45, 7) is 5.35. The molecule has 2 amide bonds. The molecule has 0 aliphatic rings. The molecule has 8 heteroatoms. The van der Waals surface area contributed by atoms with Crippen LogP contribution < -0.4 is 16.2 Å². The minimum absolute atomic E-state index is 0.169. The second kappa shape index (κ2) is 8.01. The zero-order valence-electron chi connectivity index (χ0n) is 15.1. The predicted molar refractivity (Wildman–Crippen MR) is 112 cm³/mol. The van der Waals surface area contributed by atoms with Gasteiger partial charge in [-0.2, -0.15) is 0 Å². The lowest BCUT2D eigenvalue weighted by molar-refractivity contribution is -0.114. The summed E-state index contributed by atoms with van der Waals surface area (Å²) in [5, 5.41) is 5.87. The van der Waals surface area contributed by atoms with Gasteiger partial charge in [0.05, 0.1) is 10.9 Å². The first-order chi connectivity index (χ1) is 13.4. The second-order valence-corrected chi connectivity index (χ2v) is 6.49. The third kappa shape index (κ3) is 4.07. The van der Waals surface area contributed by atoms with Gasteiger partial charge in [0.15, 0.2) is 4.77 Å². The highest BCUT2D eigenvalue weighted by Crippen LogP contribution is 2.16. The van der Waals surface area contributed by atoms with E-state index < -0.39 is 0 Å². The van der Waals surface area contributed by atoms with Crippen LogP contribution in [0, 0.1) is 4.77 Å². The first-order valence-electron chi connectivity index (χ1n) is 8.46. The van der Waals surface area contributed by atoms with Gasteiger partial charge in [0, 0.05) is 30.4 Å². The van der Waals surface area contributed by atoms with E-state index in [2.05, 4.69) is 22.2 Å². The Bertz CT molecular complexity index is 1190. The summed E-state index contributed by atoms with van der Waals surface area (Å²) in [7, 11) is 0. The monoisotopic (exact) mass is 394 g/mol. The number of hydrogen-bond donors (Lipinski definition) is 3. The molecule has 0 aliphatic carbocycles. The molecule has 0 spiro atoms. The SMILES string of the molecule is C=CCn1c(=S)[nH]c2cc(C(=O)Nc3ccc(NC(C)=O)cc3)ccc2c1=O. The van der Waals surface area contributed by atoms with Crippen molar-refractivity contribution in [1.82, 2.24) is 9.55 Å². The minimum Gasteiger partial charge on any atom is -0.332 e. The Balaban J connectivity index is 1.87. The van der Waals surface area contributed by atoms with Gasteiger partial charge in [-0.15, -0.1) is 6.58 Å². The standard InChI is InChI=1S/C20H18N4O3S/c1-3-10-24-19(27)16-9-4-13(11-17(16)23-20(24)28)18(26)22-15-7-5-14(6-8-15)21-12(2)25/h3-9,11H,1,10H2,2H3,(H,21,25)(H,22,26)(H,23,28). The van der Waals surface area contributed by atoms with E-state index in [0.717, 1.165) is 0 Å². The fraction of sp³-hybridized carbons (Fsp3) is 0.100. The highest BCUT2D eigenvalue weighted by Gasteiger charge is 2.10. The molecule has 3 N–H and O–H groups in total. The van der Waals surface area contributed by atoms with Crippen LogP contribution in [0.4, 0.5) is 11.4 Å². The molecule has 0 unspecified atom stereocenters. The van der Waals surface area contributed by atoms with E-state index in [1.165, 1.54) is 11.5 Å². The number of carbonyl (C=O) groups is 2. The number of nitrogens with zero attached hydrogens (tertiary/aromatic N) is 1. The maximum Gasteiger partial charge on any atom is 0.262 e. The minimum atomic E-state index is -0.330. The van der Waals surface area contributed by atoms with Gasteiger partial charge in [-0.1, -0.05) is 6.08 Å². The molecule has 0 saturated heterocycles. The number of carbonyl (C=O) groups excluding carboxylic acids is 2. The molecule has 0 atom stereocenters. The van der Waals surface area contributed by atoms with Crippen molar-refractivity contribution >= 4 is 46.3 Å². The molecule has 0 bridgehead atoms. The summed E-state index contributed by atoms with van der Waals surface area (Å²) in [5.41, 5.74) is 1.85. The Labute approximate surface area is 165 Å². The number of aromatic nitrogens is 2. The fourth-order valence-electron chi connectivity index (χ4n) is 2.73. The Hall–Kier alpha value is -3.52. The summed E-state index contributed by atoms with van der Waals surface area (Å²) in [4.78, 5) is 39.1. The van der Waals surface area contributed by atoms with E-state index in [1.807, 2.05) is 0 Å². The van der Waals surface area contributed by atoms with Gasteiger partial charge < -0.3 is 15.6 Å². The molecule has 3 aromatic rings. The molecule has 0 fully saturated rings. The quantitative estimate of drug-likeness (QED) is 0.456. The van der Waals surface area contributed by atoms with Crippen molar-refractivity contribution in [1.29, 1.82) is 0 Å². The molecule has 142 valence electrons. The molecule has 7 nitrogen and oxygen atoms in total. The van der Waals surface area contributed by atoms with Crippen LogP contribution in [-0.4, -0.2) is 21.4 Å². The first kappa shape index (κ1) is 19.2. The maximum absolute atomic E-state index is 12.5. The van der Waals surface area contributed by atoms with Crippen molar-refractivity contribution in [2.24, 2.45) is 0 Å². The van der Waals surface area contributed by atoms with Gasteiger partial charge in [-0.3, -0.25) is 19.0 Å². The summed E-state index contributed by atoms with van der Waals surface area (Å²) >= 11 is 5.22. The number of anilines is 2. The number of benzene rings is 2. The van der Waals surface area contributed by atoms with Crippen LogP contribution in [0.25, 0.3) is 10.9 Å². The second-order valence-electron chi connectivity index (χ2n) is 6.11. The topological polar surface area (TPSA) is 96.0 Å². The normalized spacial score (nSPS) is 10.5. The largest absolute Gasteiger partial charge is 0.332 e. The predicted octanol–water partition coefficient (Wildman–Crippen LogP) is 3.46. The zero-order valence-corrected chi connectivity index (χ0v) is 15.9. The number of rotatable bonds is 5. The number of nitrogens with one attached hydrogen (secondary N) is 3. The van der Waals surface area contributed by atoms with Crippen LogP contribution in [0.3, 0.4) is 0 Å². The van der Waals surface area contributed by atoms with E-state index in [-0.39, 0.29) is 22.1 Å². The molecule has 28 heavy (non-hydrogen) atoms. The summed E-state index contributed by atoms with van der Waals surface area (Å²) < 4.78 is 1.67. The summed E-state index contributed by atoms with van der Waals surface area (Å²) in [6, 6.07) is 11.5.